The second-order valence-electron chi connectivity index (χ2n) is 4.89. The van der Waals surface area contributed by atoms with Crippen LogP contribution in [0.4, 0.5) is 0 Å². The van der Waals surface area contributed by atoms with Crippen LogP contribution < -0.4 is 5.73 Å². The first kappa shape index (κ1) is 9.82. The third kappa shape index (κ3) is 2.10. The molecule has 1 aromatic heterocycles. The Kier molecular flexibility index (Phi) is 2.54. The van der Waals surface area contributed by atoms with E-state index in [4.69, 9.17) is 5.73 Å². The summed E-state index contributed by atoms with van der Waals surface area (Å²) in [4.78, 5) is 4.13. The molecule has 2 fully saturated rings. The number of nitrogens with zero attached hydrogens (tertiary/aromatic N) is 1. The SMILES string of the molecule is NC1CC(c2cccs2)CN(C2CC2)C1. The predicted molar refractivity (Wildman–Crippen MR) is 64.2 cm³/mol. The number of hydrogen-bond donors (Lipinski definition) is 1. The molecule has 2 aliphatic rings. The van der Waals surface area contributed by atoms with Crippen LogP contribution in [0, 0.1) is 0 Å². The zero-order valence-corrected chi connectivity index (χ0v) is 9.75. The third-order valence-corrected chi connectivity index (χ3v) is 4.55. The van der Waals surface area contributed by atoms with Crippen LogP contribution in [0.25, 0.3) is 0 Å². The molecule has 3 rings (SSSR count). The van der Waals surface area contributed by atoms with Crippen molar-refractivity contribution in [2.24, 2.45) is 5.73 Å². The minimum atomic E-state index is 0.381. The summed E-state index contributed by atoms with van der Waals surface area (Å²) >= 11 is 1.88. The van der Waals surface area contributed by atoms with Gasteiger partial charge in [0.25, 0.3) is 0 Å². The lowest BCUT2D eigenvalue weighted by atomic mass is 9.93. The predicted octanol–water partition coefficient (Wildman–Crippen LogP) is 2.03. The van der Waals surface area contributed by atoms with E-state index >= 15 is 0 Å². The molecule has 15 heavy (non-hydrogen) atoms. The van der Waals surface area contributed by atoms with Crippen molar-refractivity contribution >= 4 is 11.3 Å². The maximum atomic E-state index is 6.15. The fourth-order valence-corrected chi connectivity index (χ4v) is 3.48. The summed E-state index contributed by atoms with van der Waals surface area (Å²) < 4.78 is 0. The van der Waals surface area contributed by atoms with Crippen molar-refractivity contribution in [1.29, 1.82) is 0 Å². The number of hydrogen-bond acceptors (Lipinski definition) is 3. The van der Waals surface area contributed by atoms with Gasteiger partial charge < -0.3 is 5.73 Å². The molecule has 0 aromatic carbocycles. The summed E-state index contributed by atoms with van der Waals surface area (Å²) in [5, 5.41) is 2.18. The maximum absolute atomic E-state index is 6.15. The number of likely N-dealkylation sites (tertiary alicyclic amines) is 1. The minimum Gasteiger partial charge on any atom is -0.327 e. The van der Waals surface area contributed by atoms with Crippen LogP contribution in [0.15, 0.2) is 17.5 Å². The molecule has 1 saturated heterocycles. The largest absolute Gasteiger partial charge is 0.327 e. The molecule has 2 atom stereocenters. The van der Waals surface area contributed by atoms with Crippen molar-refractivity contribution in [3.8, 4) is 0 Å². The lowest BCUT2D eigenvalue weighted by molar-refractivity contribution is 0.181. The molecule has 1 aromatic rings. The van der Waals surface area contributed by atoms with Gasteiger partial charge >= 0.3 is 0 Å². The number of nitrogens with two attached hydrogens (primary N) is 1. The quantitative estimate of drug-likeness (QED) is 0.829. The number of thiophene rings is 1. The van der Waals surface area contributed by atoms with Gasteiger partial charge in [-0.3, -0.25) is 4.90 Å². The summed E-state index contributed by atoms with van der Waals surface area (Å²) in [6.07, 6.45) is 3.96. The van der Waals surface area contributed by atoms with E-state index in [0.29, 0.717) is 12.0 Å². The standard InChI is InChI=1S/C12H18N2S/c13-10-6-9(12-2-1-5-15-12)7-14(8-10)11-3-4-11/h1-2,5,9-11H,3-4,6-8,13H2. The van der Waals surface area contributed by atoms with E-state index in [0.717, 1.165) is 12.6 Å². The molecule has 82 valence electrons. The highest BCUT2D eigenvalue weighted by Crippen LogP contribution is 2.35. The number of piperidine rings is 1. The minimum absolute atomic E-state index is 0.381. The zero-order chi connectivity index (χ0) is 10.3. The fourth-order valence-electron chi connectivity index (χ4n) is 2.64. The van der Waals surface area contributed by atoms with Gasteiger partial charge in [-0.2, -0.15) is 0 Å². The summed E-state index contributed by atoms with van der Waals surface area (Å²) in [6, 6.07) is 5.66. The summed E-state index contributed by atoms with van der Waals surface area (Å²) in [7, 11) is 0. The molecule has 1 aliphatic heterocycles. The van der Waals surface area contributed by atoms with Gasteiger partial charge in [0.05, 0.1) is 0 Å². The van der Waals surface area contributed by atoms with Crippen LogP contribution in [0.2, 0.25) is 0 Å². The first-order valence-corrected chi connectivity index (χ1v) is 6.74. The van der Waals surface area contributed by atoms with Gasteiger partial charge in [-0.1, -0.05) is 6.07 Å². The molecule has 2 unspecified atom stereocenters. The van der Waals surface area contributed by atoms with Crippen LogP contribution in [0.3, 0.4) is 0 Å². The van der Waals surface area contributed by atoms with Crippen molar-refractivity contribution in [2.45, 2.75) is 37.3 Å². The molecule has 1 aliphatic carbocycles. The molecule has 1 saturated carbocycles. The summed E-state index contributed by atoms with van der Waals surface area (Å²) in [5.74, 6) is 0.689. The Morgan fingerprint density at radius 3 is 2.87 bits per heavy atom. The Morgan fingerprint density at radius 2 is 2.20 bits per heavy atom. The average molecular weight is 222 g/mol. The van der Waals surface area contributed by atoms with Crippen LogP contribution >= 0.6 is 11.3 Å². The molecule has 3 heteroatoms. The summed E-state index contributed by atoms with van der Waals surface area (Å²) in [5.41, 5.74) is 6.15. The lowest BCUT2D eigenvalue weighted by Gasteiger charge is -2.36. The molecule has 0 bridgehead atoms. The molecule has 2 heterocycles. The average Bonchev–Trinajstić information content (AvgIpc) is 2.93. The van der Waals surface area contributed by atoms with E-state index in [-0.39, 0.29) is 0 Å². The normalized spacial score (nSPS) is 33.1. The Labute approximate surface area is 95.1 Å². The highest BCUT2D eigenvalue weighted by atomic mass is 32.1. The van der Waals surface area contributed by atoms with E-state index in [1.807, 2.05) is 11.3 Å². The third-order valence-electron chi connectivity index (χ3n) is 3.52. The monoisotopic (exact) mass is 222 g/mol. The zero-order valence-electron chi connectivity index (χ0n) is 8.93. The Balaban J connectivity index is 1.73. The van der Waals surface area contributed by atoms with Gasteiger partial charge in [-0.15, -0.1) is 11.3 Å². The highest BCUT2D eigenvalue weighted by Gasteiger charge is 2.35. The molecule has 0 amide bonds. The Hall–Kier alpha value is -0.380. The van der Waals surface area contributed by atoms with Crippen LogP contribution in [-0.4, -0.2) is 30.1 Å². The van der Waals surface area contributed by atoms with Crippen molar-refractivity contribution in [2.75, 3.05) is 13.1 Å². The van der Waals surface area contributed by atoms with Gasteiger partial charge in [-0.05, 0) is 30.7 Å². The van der Waals surface area contributed by atoms with E-state index in [1.165, 1.54) is 30.7 Å². The molecule has 2 nitrogen and oxygen atoms in total. The topological polar surface area (TPSA) is 29.3 Å². The van der Waals surface area contributed by atoms with E-state index in [9.17, 15) is 0 Å². The highest BCUT2D eigenvalue weighted by molar-refractivity contribution is 7.10. The second kappa shape index (κ2) is 3.89. The molecule has 2 N–H and O–H groups in total. The molecule has 0 radical (unpaired) electrons. The van der Waals surface area contributed by atoms with Gasteiger partial charge in [-0.25, -0.2) is 0 Å². The lowest BCUT2D eigenvalue weighted by Crippen LogP contribution is -2.46. The Bertz CT molecular complexity index is 318. The Morgan fingerprint density at radius 1 is 1.33 bits per heavy atom. The first-order valence-electron chi connectivity index (χ1n) is 5.86. The molecular formula is C12H18N2S. The maximum Gasteiger partial charge on any atom is 0.0174 e. The van der Waals surface area contributed by atoms with Gasteiger partial charge in [0.1, 0.15) is 0 Å². The van der Waals surface area contributed by atoms with Gasteiger partial charge in [0, 0.05) is 36.0 Å². The van der Waals surface area contributed by atoms with E-state index < -0.39 is 0 Å². The molecule has 0 spiro atoms. The number of rotatable bonds is 2. The molecular weight excluding hydrogens is 204 g/mol. The summed E-state index contributed by atoms with van der Waals surface area (Å²) in [6.45, 7) is 2.35. The smallest absolute Gasteiger partial charge is 0.0174 e. The van der Waals surface area contributed by atoms with Crippen molar-refractivity contribution < 1.29 is 0 Å². The van der Waals surface area contributed by atoms with Crippen LogP contribution in [0.1, 0.15) is 30.1 Å². The van der Waals surface area contributed by atoms with Crippen molar-refractivity contribution in [3.63, 3.8) is 0 Å². The van der Waals surface area contributed by atoms with Crippen LogP contribution in [-0.2, 0) is 0 Å². The second-order valence-corrected chi connectivity index (χ2v) is 5.87. The first-order chi connectivity index (χ1) is 7.33. The van der Waals surface area contributed by atoms with Gasteiger partial charge in [0.2, 0.25) is 0 Å². The van der Waals surface area contributed by atoms with Gasteiger partial charge in [0.15, 0.2) is 0 Å². The van der Waals surface area contributed by atoms with E-state index in [2.05, 4.69) is 22.4 Å². The van der Waals surface area contributed by atoms with E-state index in [1.54, 1.807) is 0 Å². The van der Waals surface area contributed by atoms with Crippen molar-refractivity contribution in [1.82, 2.24) is 4.90 Å². The fraction of sp³-hybridized carbons (Fsp3) is 0.667. The van der Waals surface area contributed by atoms with Crippen molar-refractivity contribution in [3.05, 3.63) is 22.4 Å². The van der Waals surface area contributed by atoms with Crippen LogP contribution in [0.5, 0.6) is 0 Å².